The van der Waals surface area contributed by atoms with Crippen LogP contribution in [0, 0.1) is 0 Å². The van der Waals surface area contributed by atoms with Crippen molar-refractivity contribution in [3.63, 3.8) is 0 Å². The number of hydrogen-bond donors (Lipinski definition) is 2. The van der Waals surface area contributed by atoms with Crippen LogP contribution >= 0.6 is 0 Å². The standard InChI is InChI=1S/C17H12F21NO3/c18-8(19,7(42)39-5-3-1-2-4-6(40)41)9(20,21)10(22,23)11(24,25)12(26,27)13(28,29)14(30,31)15(32,33)16(34,35)17(36,37)38/h1-5H2,(H,39,42)(H,40,41). The van der Waals surface area contributed by atoms with Crippen molar-refractivity contribution in [3.05, 3.63) is 0 Å². The summed E-state index contributed by atoms with van der Waals surface area (Å²) in [6.45, 7) is -1.28. The third kappa shape index (κ3) is 5.70. The van der Waals surface area contributed by atoms with E-state index in [0.717, 1.165) is 0 Å². The Morgan fingerprint density at radius 3 is 1.07 bits per heavy atom. The Balaban J connectivity index is 6.56. The first-order valence-corrected chi connectivity index (χ1v) is 10.1. The number of amides is 1. The van der Waals surface area contributed by atoms with Gasteiger partial charge in [0.15, 0.2) is 0 Å². The molecule has 0 unspecified atom stereocenters. The van der Waals surface area contributed by atoms with Gasteiger partial charge in [0.25, 0.3) is 5.91 Å². The number of carbonyl (C=O) groups excluding carboxylic acids is 1. The molecule has 0 aromatic heterocycles. The van der Waals surface area contributed by atoms with Gasteiger partial charge in [0.05, 0.1) is 0 Å². The summed E-state index contributed by atoms with van der Waals surface area (Å²) >= 11 is 0. The molecule has 0 fully saturated rings. The minimum atomic E-state index is -9.28. The predicted molar refractivity (Wildman–Crippen MR) is 89.7 cm³/mol. The van der Waals surface area contributed by atoms with Crippen molar-refractivity contribution < 1.29 is 107 Å². The summed E-state index contributed by atoms with van der Waals surface area (Å²) in [6.07, 6.45) is -9.92. The monoisotopic (exact) mass is 677 g/mol. The van der Waals surface area contributed by atoms with Gasteiger partial charge in [0, 0.05) is 13.0 Å². The Kier molecular flexibility index (Phi) is 10.5. The molecule has 0 atom stereocenters. The number of halogens is 21. The SMILES string of the molecule is O=C(O)CCCCCNC(=O)C(F)(F)C(F)(F)C(F)(F)C(F)(F)C(F)(F)C(F)(F)C(F)(F)C(F)(F)C(F)(F)C(F)(F)F. The fraction of sp³-hybridized carbons (Fsp3) is 0.882. The quantitative estimate of drug-likeness (QED) is 0.145. The number of aliphatic carboxylic acids is 1. The molecule has 0 saturated carbocycles. The van der Waals surface area contributed by atoms with E-state index in [1.165, 1.54) is 0 Å². The Morgan fingerprint density at radius 1 is 0.452 bits per heavy atom. The van der Waals surface area contributed by atoms with E-state index < -0.39 is 90.7 Å². The molecule has 25 heteroatoms. The van der Waals surface area contributed by atoms with Gasteiger partial charge < -0.3 is 10.4 Å². The molecule has 0 bridgehead atoms. The summed E-state index contributed by atoms with van der Waals surface area (Å²) < 4.78 is 279. The lowest BCUT2D eigenvalue weighted by Gasteiger charge is -2.44. The van der Waals surface area contributed by atoms with Gasteiger partial charge in [-0.05, 0) is 12.8 Å². The highest BCUT2D eigenvalue weighted by Gasteiger charge is 2.98. The van der Waals surface area contributed by atoms with Crippen LogP contribution in [-0.4, -0.2) is 83.0 Å². The van der Waals surface area contributed by atoms with E-state index in [-0.39, 0.29) is 12.8 Å². The molecular formula is C17H12F21NO3. The number of unbranched alkanes of at least 4 members (excludes halogenated alkanes) is 2. The van der Waals surface area contributed by atoms with Crippen LogP contribution in [0.5, 0.6) is 0 Å². The van der Waals surface area contributed by atoms with Crippen molar-refractivity contribution in [2.24, 2.45) is 0 Å². The molecule has 0 spiro atoms. The van der Waals surface area contributed by atoms with Gasteiger partial charge in [-0.1, -0.05) is 6.42 Å². The van der Waals surface area contributed by atoms with Crippen LogP contribution in [0.3, 0.4) is 0 Å². The van der Waals surface area contributed by atoms with Crippen molar-refractivity contribution in [1.29, 1.82) is 0 Å². The molecule has 0 aliphatic rings. The first kappa shape index (κ1) is 39.5. The van der Waals surface area contributed by atoms with Gasteiger partial charge in [0.2, 0.25) is 0 Å². The number of rotatable bonds is 15. The van der Waals surface area contributed by atoms with Crippen molar-refractivity contribution in [3.8, 4) is 0 Å². The number of hydrogen-bond acceptors (Lipinski definition) is 2. The molecule has 0 aromatic carbocycles. The zero-order valence-corrected chi connectivity index (χ0v) is 19.2. The summed E-state index contributed by atoms with van der Waals surface area (Å²) in [5.41, 5.74) is 0. The fourth-order valence-corrected chi connectivity index (χ4v) is 2.59. The second-order valence-corrected chi connectivity index (χ2v) is 8.13. The summed E-state index contributed by atoms with van der Waals surface area (Å²) in [4.78, 5) is 21.4. The zero-order chi connectivity index (χ0) is 34.4. The van der Waals surface area contributed by atoms with Crippen molar-refractivity contribution in [1.82, 2.24) is 5.32 Å². The van der Waals surface area contributed by atoms with Gasteiger partial charge >= 0.3 is 65.4 Å². The molecule has 250 valence electrons. The average molecular weight is 677 g/mol. The molecule has 1 amide bonds. The molecule has 0 aliphatic heterocycles. The smallest absolute Gasteiger partial charge is 0.460 e. The third-order valence-electron chi connectivity index (χ3n) is 5.15. The zero-order valence-electron chi connectivity index (χ0n) is 19.2. The first-order chi connectivity index (χ1) is 18.1. The molecule has 0 heterocycles. The fourth-order valence-electron chi connectivity index (χ4n) is 2.59. The van der Waals surface area contributed by atoms with Crippen LogP contribution in [0.2, 0.25) is 0 Å². The molecule has 0 rings (SSSR count). The molecule has 2 N–H and O–H groups in total. The van der Waals surface area contributed by atoms with Gasteiger partial charge in [-0.25, -0.2) is 0 Å². The van der Waals surface area contributed by atoms with Gasteiger partial charge in [-0.3, -0.25) is 9.59 Å². The average Bonchev–Trinajstić information content (AvgIpc) is 2.78. The Bertz CT molecular complexity index is 987. The number of alkyl halides is 21. The van der Waals surface area contributed by atoms with Gasteiger partial charge in [-0.2, -0.15) is 92.2 Å². The van der Waals surface area contributed by atoms with Crippen molar-refractivity contribution in [2.75, 3.05) is 6.54 Å². The first-order valence-electron chi connectivity index (χ1n) is 10.1. The van der Waals surface area contributed by atoms with E-state index in [4.69, 9.17) is 5.11 Å². The number of carbonyl (C=O) groups is 2. The van der Waals surface area contributed by atoms with Gasteiger partial charge in [0.1, 0.15) is 0 Å². The van der Waals surface area contributed by atoms with Crippen molar-refractivity contribution in [2.45, 2.75) is 85.2 Å². The molecule has 4 nitrogen and oxygen atoms in total. The van der Waals surface area contributed by atoms with Crippen LogP contribution in [0.15, 0.2) is 0 Å². The summed E-state index contributed by atoms with van der Waals surface area (Å²) in [5.74, 6) is -84.1. The van der Waals surface area contributed by atoms with Crippen LogP contribution in [0.25, 0.3) is 0 Å². The highest BCUT2D eigenvalue weighted by molar-refractivity contribution is 5.84. The maximum atomic E-state index is 13.7. The lowest BCUT2D eigenvalue weighted by atomic mass is 9.86. The molecule has 42 heavy (non-hydrogen) atoms. The number of carboxylic acids is 1. The predicted octanol–water partition coefficient (Wildman–Crippen LogP) is 7.03. The molecule has 0 radical (unpaired) electrons. The lowest BCUT2D eigenvalue weighted by Crippen LogP contribution is -2.77. The molecule has 0 saturated heterocycles. The lowest BCUT2D eigenvalue weighted by molar-refractivity contribution is -0.472. The van der Waals surface area contributed by atoms with E-state index >= 15 is 0 Å². The summed E-state index contributed by atoms with van der Waals surface area (Å²) in [7, 11) is 0. The molecular weight excluding hydrogens is 665 g/mol. The highest BCUT2D eigenvalue weighted by atomic mass is 19.4. The van der Waals surface area contributed by atoms with E-state index in [9.17, 15) is 102 Å². The second kappa shape index (κ2) is 11.2. The van der Waals surface area contributed by atoms with Crippen molar-refractivity contribution >= 4 is 11.9 Å². The van der Waals surface area contributed by atoms with E-state index in [1.807, 2.05) is 0 Å². The van der Waals surface area contributed by atoms with E-state index in [2.05, 4.69) is 0 Å². The number of nitrogens with one attached hydrogen (secondary N) is 1. The van der Waals surface area contributed by atoms with E-state index in [1.54, 1.807) is 0 Å². The minimum absolute atomic E-state index is 0.288. The third-order valence-corrected chi connectivity index (χ3v) is 5.15. The second-order valence-electron chi connectivity index (χ2n) is 8.13. The largest absolute Gasteiger partial charge is 0.481 e. The van der Waals surface area contributed by atoms with Crippen LogP contribution in [-0.2, 0) is 9.59 Å². The topological polar surface area (TPSA) is 66.4 Å². The summed E-state index contributed by atoms with van der Waals surface area (Å²) in [6, 6.07) is 0. The van der Waals surface area contributed by atoms with Crippen LogP contribution < -0.4 is 5.32 Å². The Morgan fingerprint density at radius 2 is 0.762 bits per heavy atom. The van der Waals surface area contributed by atoms with Crippen LogP contribution in [0.4, 0.5) is 92.2 Å². The normalized spacial score (nSPS) is 15.5. The molecule has 0 aliphatic carbocycles. The van der Waals surface area contributed by atoms with E-state index in [0.29, 0.717) is 5.32 Å². The Labute approximate surface area is 217 Å². The number of carboxylic acid groups (broad SMARTS) is 1. The Hall–Kier alpha value is -2.53. The summed E-state index contributed by atoms with van der Waals surface area (Å²) in [5, 5.41) is 8.96. The maximum Gasteiger partial charge on any atom is 0.460 e. The molecule has 0 aromatic rings. The van der Waals surface area contributed by atoms with Gasteiger partial charge in [-0.15, -0.1) is 0 Å². The maximum absolute atomic E-state index is 13.7. The van der Waals surface area contributed by atoms with Crippen LogP contribution in [0.1, 0.15) is 25.7 Å². The minimum Gasteiger partial charge on any atom is -0.481 e. The highest BCUT2D eigenvalue weighted by Crippen LogP contribution is 2.66.